The number of hydrogen-bond donors (Lipinski definition) is 0. The second-order valence-corrected chi connectivity index (χ2v) is 11.8. The Labute approximate surface area is 205 Å². The molecule has 172 valence electrons. The Morgan fingerprint density at radius 2 is 1.46 bits per heavy atom. The van der Waals surface area contributed by atoms with E-state index in [9.17, 15) is 4.57 Å². The first-order valence-corrected chi connectivity index (χ1v) is 14.0. The highest BCUT2D eigenvalue weighted by Gasteiger charge is 2.14. The van der Waals surface area contributed by atoms with Crippen LogP contribution in [-0.2, 0) is 4.57 Å². The van der Waals surface area contributed by atoms with Crippen molar-refractivity contribution in [2.45, 2.75) is 0 Å². The van der Waals surface area contributed by atoms with Gasteiger partial charge < -0.3 is 4.57 Å². The maximum Gasteiger partial charge on any atom is 0.153 e. The summed E-state index contributed by atoms with van der Waals surface area (Å²) in [6.07, 6.45) is 3.53. The van der Waals surface area contributed by atoms with Crippen LogP contribution in [0.3, 0.4) is 0 Å². The number of rotatable bonds is 6. The highest BCUT2D eigenvalue weighted by molar-refractivity contribution is 7.70. The molecule has 2 heterocycles. The van der Waals surface area contributed by atoms with Gasteiger partial charge >= 0.3 is 0 Å². The minimum absolute atomic E-state index is 0.610. The van der Waals surface area contributed by atoms with Crippen molar-refractivity contribution < 1.29 is 4.57 Å². The van der Waals surface area contributed by atoms with Crippen LogP contribution < -0.4 is 5.30 Å². The van der Waals surface area contributed by atoms with Crippen LogP contribution in [0.15, 0.2) is 121 Å². The first kappa shape index (κ1) is 22.7. The van der Waals surface area contributed by atoms with Gasteiger partial charge in [0.2, 0.25) is 0 Å². The normalized spacial score (nSPS) is 11.3. The zero-order valence-corrected chi connectivity index (χ0v) is 20.5. The van der Waals surface area contributed by atoms with Crippen molar-refractivity contribution in [3.8, 4) is 16.9 Å². The third kappa shape index (κ3) is 5.06. The SMILES string of the molecule is CP(C)(=O)c1cccc(-n2nccc2-c2ccnc(N=C(c3ccccc3)c3ccccc3)c2)c1. The number of aliphatic imine (C=N–C) groups is 1. The van der Waals surface area contributed by atoms with E-state index in [1.807, 2.05) is 83.5 Å². The molecule has 2 aromatic heterocycles. The molecule has 0 aliphatic rings. The van der Waals surface area contributed by atoms with E-state index in [2.05, 4.69) is 34.3 Å². The lowest BCUT2D eigenvalue weighted by atomic mass is 10.0. The van der Waals surface area contributed by atoms with Crippen LogP contribution in [0.5, 0.6) is 0 Å². The lowest BCUT2D eigenvalue weighted by Gasteiger charge is -2.12. The molecule has 0 spiro atoms. The van der Waals surface area contributed by atoms with Gasteiger partial charge in [-0.1, -0.05) is 72.8 Å². The van der Waals surface area contributed by atoms with Gasteiger partial charge in [-0.2, -0.15) is 5.10 Å². The van der Waals surface area contributed by atoms with Gasteiger partial charge in [0, 0.05) is 28.2 Å². The third-order valence-electron chi connectivity index (χ3n) is 5.70. The molecule has 0 bridgehead atoms. The highest BCUT2D eigenvalue weighted by atomic mass is 31.2. The van der Waals surface area contributed by atoms with E-state index in [0.717, 1.165) is 39.1 Å². The molecule has 0 radical (unpaired) electrons. The van der Waals surface area contributed by atoms with E-state index in [1.54, 1.807) is 25.7 Å². The summed E-state index contributed by atoms with van der Waals surface area (Å²) >= 11 is 0. The van der Waals surface area contributed by atoms with Gasteiger partial charge in [0.1, 0.15) is 7.14 Å². The Balaban J connectivity index is 1.58. The van der Waals surface area contributed by atoms with E-state index in [4.69, 9.17) is 4.99 Å². The van der Waals surface area contributed by atoms with E-state index >= 15 is 0 Å². The molecule has 0 atom stereocenters. The molecule has 35 heavy (non-hydrogen) atoms. The summed E-state index contributed by atoms with van der Waals surface area (Å²) in [5.74, 6) is 0.610. The Kier molecular flexibility index (Phi) is 6.26. The number of aromatic nitrogens is 3. The monoisotopic (exact) mass is 476 g/mol. The van der Waals surface area contributed by atoms with Crippen LogP contribution in [0, 0.1) is 0 Å². The Morgan fingerprint density at radius 3 is 2.11 bits per heavy atom. The Bertz CT molecular complexity index is 1490. The number of hydrogen-bond acceptors (Lipinski definition) is 4. The average Bonchev–Trinajstić information content (AvgIpc) is 3.38. The molecule has 0 fully saturated rings. The van der Waals surface area contributed by atoms with Crippen LogP contribution in [0.2, 0.25) is 0 Å². The molecule has 5 nitrogen and oxygen atoms in total. The summed E-state index contributed by atoms with van der Waals surface area (Å²) in [7, 11) is -2.39. The fourth-order valence-electron chi connectivity index (χ4n) is 3.93. The van der Waals surface area contributed by atoms with Crippen molar-refractivity contribution in [3.63, 3.8) is 0 Å². The van der Waals surface area contributed by atoms with Gasteiger partial charge in [0.05, 0.1) is 23.3 Å². The summed E-state index contributed by atoms with van der Waals surface area (Å²) in [5, 5.41) is 5.37. The van der Waals surface area contributed by atoms with Crippen molar-refractivity contribution >= 4 is 24.0 Å². The smallest absolute Gasteiger partial charge is 0.153 e. The van der Waals surface area contributed by atoms with Gasteiger partial charge in [0.15, 0.2) is 5.82 Å². The summed E-state index contributed by atoms with van der Waals surface area (Å²) in [5.41, 5.74) is 5.62. The van der Waals surface area contributed by atoms with Gasteiger partial charge in [-0.05, 0) is 43.7 Å². The predicted octanol–water partition coefficient (Wildman–Crippen LogP) is 6.35. The first-order chi connectivity index (χ1) is 17.0. The molecule has 0 saturated carbocycles. The Hall–Kier alpha value is -4.08. The zero-order valence-electron chi connectivity index (χ0n) is 19.6. The van der Waals surface area contributed by atoms with Gasteiger partial charge in [-0.15, -0.1) is 0 Å². The molecule has 0 N–H and O–H groups in total. The van der Waals surface area contributed by atoms with Gasteiger partial charge in [-0.25, -0.2) is 14.7 Å². The summed E-state index contributed by atoms with van der Waals surface area (Å²) in [6.45, 7) is 3.56. The minimum atomic E-state index is -2.39. The van der Waals surface area contributed by atoms with Crippen LogP contribution in [-0.4, -0.2) is 33.8 Å². The van der Waals surface area contributed by atoms with Crippen LogP contribution in [0.25, 0.3) is 16.9 Å². The quantitative estimate of drug-likeness (QED) is 0.212. The molecular formula is C29H25N4OP. The topological polar surface area (TPSA) is 60.1 Å². The molecule has 6 heteroatoms. The molecule has 5 rings (SSSR count). The third-order valence-corrected chi connectivity index (χ3v) is 7.22. The zero-order chi connectivity index (χ0) is 24.3. The van der Waals surface area contributed by atoms with Crippen LogP contribution in [0.4, 0.5) is 5.82 Å². The standard InChI is InChI=1S/C29H25N4OP/c1-35(2,34)26-15-9-14-25(21-26)33-27(17-19-31-33)24-16-18-30-28(20-24)32-29(22-10-5-3-6-11-22)23-12-7-4-8-13-23/h3-21H,1-2H3. The number of nitrogens with zero attached hydrogens (tertiary/aromatic N) is 4. The summed E-state index contributed by atoms with van der Waals surface area (Å²) in [4.78, 5) is 9.49. The second kappa shape index (κ2) is 9.65. The molecule has 5 aromatic rings. The van der Waals surface area contributed by atoms with E-state index in [0.29, 0.717) is 5.82 Å². The Morgan fingerprint density at radius 1 is 0.771 bits per heavy atom. The fraction of sp³-hybridized carbons (Fsp3) is 0.0690. The van der Waals surface area contributed by atoms with Crippen molar-refractivity contribution in [1.29, 1.82) is 0 Å². The van der Waals surface area contributed by atoms with E-state index in [-0.39, 0.29) is 0 Å². The van der Waals surface area contributed by atoms with Crippen molar-refractivity contribution in [1.82, 2.24) is 14.8 Å². The van der Waals surface area contributed by atoms with Gasteiger partial charge in [-0.3, -0.25) is 0 Å². The first-order valence-electron chi connectivity index (χ1n) is 11.3. The number of benzene rings is 3. The molecule has 0 saturated heterocycles. The molecule has 3 aromatic carbocycles. The van der Waals surface area contributed by atoms with Crippen LogP contribution >= 0.6 is 7.14 Å². The molecule has 0 aliphatic heterocycles. The predicted molar refractivity (Wildman–Crippen MR) is 144 cm³/mol. The van der Waals surface area contributed by atoms with Crippen LogP contribution in [0.1, 0.15) is 11.1 Å². The van der Waals surface area contributed by atoms with E-state index < -0.39 is 7.14 Å². The maximum atomic E-state index is 12.6. The van der Waals surface area contributed by atoms with Crippen molar-refractivity contribution in [3.05, 3.63) is 127 Å². The number of pyridine rings is 1. The largest absolute Gasteiger partial charge is 0.319 e. The van der Waals surface area contributed by atoms with E-state index in [1.165, 1.54) is 0 Å². The maximum absolute atomic E-state index is 12.6. The summed E-state index contributed by atoms with van der Waals surface area (Å²) < 4.78 is 14.5. The summed E-state index contributed by atoms with van der Waals surface area (Å²) in [6, 6.07) is 33.9. The molecular weight excluding hydrogens is 451 g/mol. The molecule has 0 aliphatic carbocycles. The van der Waals surface area contributed by atoms with Crippen molar-refractivity contribution in [2.75, 3.05) is 13.3 Å². The van der Waals surface area contributed by atoms with Crippen molar-refractivity contribution in [2.24, 2.45) is 4.99 Å². The highest BCUT2D eigenvalue weighted by Crippen LogP contribution is 2.35. The average molecular weight is 477 g/mol. The minimum Gasteiger partial charge on any atom is -0.319 e. The fourth-order valence-corrected chi connectivity index (χ4v) is 4.82. The molecule has 0 amide bonds. The van der Waals surface area contributed by atoms with Gasteiger partial charge in [0.25, 0.3) is 0 Å². The lowest BCUT2D eigenvalue weighted by Crippen LogP contribution is -2.07. The second-order valence-electron chi connectivity index (χ2n) is 8.59. The lowest BCUT2D eigenvalue weighted by molar-refractivity contribution is 0.588. The molecule has 0 unspecified atom stereocenters.